The van der Waals surface area contributed by atoms with Crippen molar-refractivity contribution in [3.8, 4) is 5.75 Å². The fourth-order valence-corrected chi connectivity index (χ4v) is 3.68. The normalized spacial score (nSPS) is 21.9. The molecule has 3 N–H and O–H groups in total. The van der Waals surface area contributed by atoms with Gasteiger partial charge in [-0.05, 0) is 18.2 Å². The first-order valence-electron chi connectivity index (χ1n) is 6.64. The second kappa shape index (κ2) is 6.26. The summed E-state index contributed by atoms with van der Waals surface area (Å²) in [5.41, 5.74) is 0.0552. The molecule has 6 nitrogen and oxygen atoms in total. The van der Waals surface area contributed by atoms with E-state index in [9.17, 15) is 14.7 Å². The van der Waals surface area contributed by atoms with Gasteiger partial charge in [-0.15, -0.1) is 0 Å². The number of urea groups is 1. The summed E-state index contributed by atoms with van der Waals surface area (Å²) in [5, 5.41) is 21.8. The van der Waals surface area contributed by atoms with Crippen LogP contribution in [0.25, 0.3) is 0 Å². The number of thioether (sulfide) groups is 1. The van der Waals surface area contributed by atoms with E-state index in [0.717, 1.165) is 6.07 Å². The Morgan fingerprint density at radius 3 is 2.48 bits per heavy atom. The number of phenolic OH excluding ortho intramolecular Hbond substituents is 1. The number of phenols is 1. The third-order valence-corrected chi connectivity index (χ3v) is 4.41. The van der Waals surface area contributed by atoms with Gasteiger partial charge in [0.25, 0.3) is 0 Å². The van der Waals surface area contributed by atoms with Crippen molar-refractivity contribution in [2.45, 2.75) is 24.3 Å². The molecule has 2 atom stereocenters. The van der Waals surface area contributed by atoms with Crippen LogP contribution in [0.4, 0.5) is 10.5 Å². The van der Waals surface area contributed by atoms with Crippen LogP contribution in [0.3, 0.4) is 0 Å². The number of carbonyl (C=O) groups excluding carboxylic acids is 1. The van der Waals surface area contributed by atoms with E-state index in [1.165, 1.54) is 12.1 Å². The van der Waals surface area contributed by atoms with Crippen LogP contribution in [0.2, 0.25) is 0 Å². The molecule has 7 heteroatoms. The van der Waals surface area contributed by atoms with E-state index in [1.54, 1.807) is 4.90 Å². The quantitative estimate of drug-likeness (QED) is 0.730. The van der Waals surface area contributed by atoms with Crippen molar-refractivity contribution in [3.63, 3.8) is 0 Å². The van der Waals surface area contributed by atoms with Gasteiger partial charge in [0.1, 0.15) is 5.75 Å². The average Bonchev–Trinajstić information content (AvgIpc) is 2.39. The van der Waals surface area contributed by atoms with E-state index in [0.29, 0.717) is 23.6 Å². The number of benzene rings is 1. The van der Waals surface area contributed by atoms with Crippen molar-refractivity contribution < 1.29 is 19.8 Å². The molecular weight excluding hydrogens is 292 g/mol. The SMILES string of the molecule is CC1CN(C(=O)Nc2ccc(O)cc2C(=O)O)CC(C)S1. The highest BCUT2D eigenvalue weighted by atomic mass is 32.2. The first-order chi connectivity index (χ1) is 9.86. The summed E-state index contributed by atoms with van der Waals surface area (Å²) in [6, 6.07) is 3.54. The minimum absolute atomic E-state index is 0.129. The Balaban J connectivity index is 2.14. The predicted molar refractivity (Wildman–Crippen MR) is 82.2 cm³/mol. The summed E-state index contributed by atoms with van der Waals surface area (Å²) in [7, 11) is 0. The van der Waals surface area contributed by atoms with Crippen molar-refractivity contribution in [2.24, 2.45) is 0 Å². The molecule has 0 radical (unpaired) electrons. The van der Waals surface area contributed by atoms with Gasteiger partial charge in [0.2, 0.25) is 0 Å². The molecule has 0 saturated carbocycles. The lowest BCUT2D eigenvalue weighted by atomic mass is 10.1. The fourth-order valence-electron chi connectivity index (χ4n) is 2.36. The Morgan fingerprint density at radius 2 is 1.90 bits per heavy atom. The maximum absolute atomic E-state index is 12.3. The van der Waals surface area contributed by atoms with Crippen molar-refractivity contribution in [1.29, 1.82) is 0 Å². The highest BCUT2D eigenvalue weighted by Gasteiger charge is 2.26. The largest absolute Gasteiger partial charge is 0.508 e. The van der Waals surface area contributed by atoms with Crippen LogP contribution in [0.5, 0.6) is 5.75 Å². The summed E-state index contributed by atoms with van der Waals surface area (Å²) in [4.78, 5) is 25.1. The molecule has 2 amide bonds. The van der Waals surface area contributed by atoms with Gasteiger partial charge >= 0.3 is 12.0 Å². The first kappa shape index (κ1) is 15.5. The standard InChI is InChI=1S/C14H18N2O4S/c1-8-6-16(7-9(2)21-8)14(20)15-12-4-3-10(17)5-11(12)13(18)19/h3-5,8-9,17H,6-7H2,1-2H3,(H,15,20)(H,18,19). The Kier molecular flexibility index (Phi) is 4.62. The maximum atomic E-state index is 12.3. The first-order valence-corrected chi connectivity index (χ1v) is 7.58. The smallest absolute Gasteiger partial charge is 0.337 e. The number of aromatic carboxylic acids is 1. The minimum Gasteiger partial charge on any atom is -0.508 e. The lowest BCUT2D eigenvalue weighted by molar-refractivity contribution is 0.0697. The van der Waals surface area contributed by atoms with E-state index in [4.69, 9.17) is 5.11 Å². The number of nitrogens with one attached hydrogen (secondary N) is 1. The van der Waals surface area contributed by atoms with Gasteiger partial charge in [-0.25, -0.2) is 9.59 Å². The van der Waals surface area contributed by atoms with E-state index in [2.05, 4.69) is 19.2 Å². The van der Waals surface area contributed by atoms with Gasteiger partial charge in [-0.2, -0.15) is 11.8 Å². The van der Waals surface area contributed by atoms with Crippen LogP contribution in [-0.4, -0.2) is 50.7 Å². The van der Waals surface area contributed by atoms with Crippen LogP contribution in [-0.2, 0) is 0 Å². The predicted octanol–water partition coefficient (Wildman–Crippen LogP) is 2.45. The van der Waals surface area contributed by atoms with Crippen molar-refractivity contribution in [1.82, 2.24) is 4.90 Å². The summed E-state index contributed by atoms with van der Waals surface area (Å²) in [5.74, 6) is -1.35. The topological polar surface area (TPSA) is 89.9 Å². The molecule has 0 bridgehead atoms. The molecule has 2 unspecified atom stereocenters. The monoisotopic (exact) mass is 310 g/mol. The highest BCUT2D eigenvalue weighted by Crippen LogP contribution is 2.26. The van der Waals surface area contributed by atoms with Gasteiger partial charge in [-0.1, -0.05) is 13.8 Å². The Morgan fingerprint density at radius 1 is 1.29 bits per heavy atom. The zero-order valence-corrected chi connectivity index (χ0v) is 12.7. The van der Waals surface area contributed by atoms with Gasteiger partial charge in [0, 0.05) is 23.6 Å². The van der Waals surface area contributed by atoms with E-state index in [-0.39, 0.29) is 23.0 Å². The second-order valence-corrected chi connectivity index (χ2v) is 7.01. The van der Waals surface area contributed by atoms with Crippen molar-refractivity contribution in [2.75, 3.05) is 18.4 Å². The van der Waals surface area contributed by atoms with Crippen molar-refractivity contribution in [3.05, 3.63) is 23.8 Å². The van der Waals surface area contributed by atoms with Gasteiger partial charge in [-0.3, -0.25) is 0 Å². The van der Waals surface area contributed by atoms with Gasteiger partial charge < -0.3 is 20.4 Å². The summed E-state index contributed by atoms with van der Waals surface area (Å²) in [6.45, 7) is 5.37. The summed E-state index contributed by atoms with van der Waals surface area (Å²) in [6.07, 6.45) is 0. The Labute approximate surface area is 127 Å². The maximum Gasteiger partial charge on any atom is 0.337 e. The number of nitrogens with zero attached hydrogens (tertiary/aromatic N) is 1. The molecule has 1 aliphatic rings. The number of hydrogen-bond acceptors (Lipinski definition) is 4. The third-order valence-electron chi connectivity index (χ3n) is 3.18. The van der Waals surface area contributed by atoms with Crippen LogP contribution >= 0.6 is 11.8 Å². The molecule has 114 valence electrons. The zero-order chi connectivity index (χ0) is 15.6. The molecule has 1 aromatic carbocycles. The molecular formula is C14H18N2O4S. The lowest BCUT2D eigenvalue weighted by Crippen LogP contribution is -2.46. The fraction of sp³-hybridized carbons (Fsp3) is 0.429. The molecule has 0 aliphatic carbocycles. The molecule has 1 fully saturated rings. The summed E-state index contributed by atoms with van der Waals surface area (Å²) < 4.78 is 0. The highest BCUT2D eigenvalue weighted by molar-refractivity contribution is 8.00. The van der Waals surface area contributed by atoms with Crippen LogP contribution in [0.1, 0.15) is 24.2 Å². The minimum atomic E-state index is -1.20. The van der Waals surface area contributed by atoms with Crippen LogP contribution in [0, 0.1) is 0 Å². The number of anilines is 1. The number of carboxylic acids is 1. The molecule has 1 aromatic rings. The number of amides is 2. The third kappa shape index (κ3) is 3.81. The van der Waals surface area contributed by atoms with Crippen molar-refractivity contribution >= 4 is 29.4 Å². The molecule has 1 aliphatic heterocycles. The number of carboxylic acid groups (broad SMARTS) is 1. The van der Waals surface area contributed by atoms with E-state index < -0.39 is 5.97 Å². The molecule has 21 heavy (non-hydrogen) atoms. The van der Waals surface area contributed by atoms with Gasteiger partial charge in [0.15, 0.2) is 0 Å². The molecule has 0 spiro atoms. The molecule has 1 saturated heterocycles. The van der Waals surface area contributed by atoms with E-state index in [1.807, 2.05) is 11.8 Å². The lowest BCUT2D eigenvalue weighted by Gasteiger charge is -2.34. The molecule has 2 rings (SSSR count). The zero-order valence-electron chi connectivity index (χ0n) is 11.9. The summed E-state index contributed by atoms with van der Waals surface area (Å²) >= 11 is 1.83. The van der Waals surface area contributed by atoms with E-state index >= 15 is 0 Å². The van der Waals surface area contributed by atoms with Crippen LogP contribution in [0.15, 0.2) is 18.2 Å². The average molecular weight is 310 g/mol. The number of rotatable bonds is 2. The number of aromatic hydroxyl groups is 1. The van der Waals surface area contributed by atoms with Gasteiger partial charge in [0.05, 0.1) is 11.3 Å². The number of hydrogen-bond donors (Lipinski definition) is 3. The molecule has 0 aromatic heterocycles. The number of carbonyl (C=O) groups is 2. The Hall–Kier alpha value is -1.89. The Bertz CT molecular complexity index is 554. The molecule has 1 heterocycles. The second-order valence-electron chi connectivity index (χ2n) is 5.13. The van der Waals surface area contributed by atoms with Crippen LogP contribution < -0.4 is 5.32 Å².